The first-order chi connectivity index (χ1) is 7.56. The molecule has 0 atom stereocenters. The maximum atomic E-state index is 11.5. The van der Waals surface area contributed by atoms with Gasteiger partial charge in [-0.1, -0.05) is 0 Å². The minimum atomic E-state index is -0.556. The van der Waals surface area contributed by atoms with Gasteiger partial charge in [0.05, 0.1) is 18.7 Å². The summed E-state index contributed by atoms with van der Waals surface area (Å²) in [7, 11) is 2.64. The molecule has 86 valence electrons. The Hall–Kier alpha value is -1.43. The molecule has 0 fully saturated rings. The molecule has 0 amide bonds. The highest BCUT2D eigenvalue weighted by Gasteiger charge is 2.22. The molecule has 0 aromatic carbocycles. The molecule has 0 saturated heterocycles. The highest BCUT2D eigenvalue weighted by Crippen LogP contribution is 2.29. The molecule has 0 saturated carbocycles. The number of ether oxygens (including phenoxy) is 2. The zero-order chi connectivity index (χ0) is 12.3. The van der Waals surface area contributed by atoms with Gasteiger partial charge in [-0.15, -0.1) is 0 Å². The van der Waals surface area contributed by atoms with Crippen LogP contribution in [0.5, 0.6) is 5.88 Å². The number of esters is 1. The van der Waals surface area contributed by atoms with E-state index in [-0.39, 0.29) is 17.1 Å². The molecule has 1 aromatic heterocycles. The number of methoxy groups -OCH3 is 2. The van der Waals surface area contributed by atoms with Crippen molar-refractivity contribution < 1.29 is 19.1 Å². The van der Waals surface area contributed by atoms with Crippen LogP contribution in [-0.4, -0.2) is 31.5 Å². The van der Waals surface area contributed by atoms with Gasteiger partial charge < -0.3 is 9.47 Å². The molecular weight excluding hydrogens is 278 g/mol. The highest BCUT2D eigenvalue weighted by atomic mass is 79.9. The SMILES string of the molecule is COC(=O)c1c(OC)nc(C=O)c(Br)c1C. The Morgan fingerprint density at radius 1 is 1.44 bits per heavy atom. The van der Waals surface area contributed by atoms with Gasteiger partial charge in [0.2, 0.25) is 5.88 Å². The predicted molar refractivity (Wildman–Crippen MR) is 60.0 cm³/mol. The topological polar surface area (TPSA) is 65.5 Å². The molecule has 0 radical (unpaired) electrons. The van der Waals surface area contributed by atoms with E-state index in [2.05, 4.69) is 25.7 Å². The van der Waals surface area contributed by atoms with Crippen molar-refractivity contribution in [3.63, 3.8) is 0 Å². The summed E-state index contributed by atoms with van der Waals surface area (Å²) in [4.78, 5) is 26.1. The average molecular weight is 288 g/mol. The summed E-state index contributed by atoms with van der Waals surface area (Å²) in [6.45, 7) is 1.67. The van der Waals surface area contributed by atoms with E-state index >= 15 is 0 Å². The Labute approximate surface area is 101 Å². The molecule has 1 aromatic rings. The molecule has 1 rings (SSSR count). The number of hydrogen-bond donors (Lipinski definition) is 0. The van der Waals surface area contributed by atoms with Gasteiger partial charge in [-0.05, 0) is 28.4 Å². The number of aldehydes is 1. The highest BCUT2D eigenvalue weighted by molar-refractivity contribution is 9.10. The largest absolute Gasteiger partial charge is 0.480 e. The number of nitrogens with zero attached hydrogens (tertiary/aromatic N) is 1. The van der Waals surface area contributed by atoms with Crippen LogP contribution in [0.2, 0.25) is 0 Å². The van der Waals surface area contributed by atoms with Gasteiger partial charge in [-0.25, -0.2) is 9.78 Å². The van der Waals surface area contributed by atoms with E-state index in [1.807, 2.05) is 0 Å². The molecule has 0 bridgehead atoms. The first-order valence-electron chi connectivity index (χ1n) is 4.34. The lowest BCUT2D eigenvalue weighted by molar-refractivity contribution is 0.0594. The van der Waals surface area contributed by atoms with Crippen molar-refractivity contribution in [3.05, 3.63) is 21.3 Å². The van der Waals surface area contributed by atoms with Crippen LogP contribution in [0.1, 0.15) is 26.4 Å². The second kappa shape index (κ2) is 5.07. The quantitative estimate of drug-likeness (QED) is 0.626. The smallest absolute Gasteiger partial charge is 0.343 e. The Morgan fingerprint density at radius 2 is 2.06 bits per heavy atom. The first kappa shape index (κ1) is 12.6. The van der Waals surface area contributed by atoms with E-state index in [0.29, 0.717) is 16.3 Å². The van der Waals surface area contributed by atoms with Gasteiger partial charge in [0.15, 0.2) is 6.29 Å². The van der Waals surface area contributed by atoms with E-state index < -0.39 is 5.97 Å². The van der Waals surface area contributed by atoms with Crippen molar-refractivity contribution in [2.45, 2.75) is 6.92 Å². The summed E-state index contributed by atoms with van der Waals surface area (Å²) in [5.74, 6) is -0.477. The molecule has 1 heterocycles. The van der Waals surface area contributed by atoms with Crippen molar-refractivity contribution in [2.24, 2.45) is 0 Å². The number of halogens is 1. The second-order valence-corrected chi connectivity index (χ2v) is 3.72. The van der Waals surface area contributed by atoms with Crippen molar-refractivity contribution in [1.82, 2.24) is 4.98 Å². The summed E-state index contributed by atoms with van der Waals surface area (Å²) in [5.41, 5.74) is 0.949. The molecule has 6 heteroatoms. The predicted octanol–water partition coefficient (Wildman–Crippen LogP) is 1.76. The molecule has 0 spiro atoms. The molecule has 0 unspecified atom stereocenters. The summed E-state index contributed by atoms with van der Waals surface area (Å²) in [6.07, 6.45) is 0.584. The Balaban J connectivity index is 3.53. The van der Waals surface area contributed by atoms with Crippen LogP contribution < -0.4 is 4.74 Å². The lowest BCUT2D eigenvalue weighted by atomic mass is 10.1. The summed E-state index contributed by atoms with van der Waals surface area (Å²) >= 11 is 3.19. The standard InChI is InChI=1S/C10H10BrNO4/c1-5-7(10(14)16-3)9(15-2)12-6(4-13)8(5)11/h4H,1-3H3. The molecule has 16 heavy (non-hydrogen) atoms. The monoisotopic (exact) mass is 287 g/mol. The fraction of sp³-hybridized carbons (Fsp3) is 0.300. The number of carbonyl (C=O) groups excluding carboxylic acids is 2. The zero-order valence-electron chi connectivity index (χ0n) is 9.04. The van der Waals surface area contributed by atoms with E-state index in [4.69, 9.17) is 4.74 Å². The third-order valence-corrected chi connectivity index (χ3v) is 3.06. The zero-order valence-corrected chi connectivity index (χ0v) is 10.6. The summed E-state index contributed by atoms with van der Waals surface area (Å²) in [6, 6.07) is 0. The van der Waals surface area contributed by atoms with Crippen LogP contribution in [0.15, 0.2) is 4.47 Å². The minimum absolute atomic E-state index is 0.0784. The van der Waals surface area contributed by atoms with Crippen molar-refractivity contribution in [2.75, 3.05) is 14.2 Å². The maximum absolute atomic E-state index is 11.5. The van der Waals surface area contributed by atoms with Gasteiger partial charge >= 0.3 is 5.97 Å². The maximum Gasteiger partial charge on any atom is 0.343 e. The number of pyridine rings is 1. The van der Waals surface area contributed by atoms with Crippen LogP contribution in [-0.2, 0) is 4.74 Å². The van der Waals surface area contributed by atoms with Gasteiger partial charge in [0, 0.05) is 0 Å². The summed E-state index contributed by atoms with van der Waals surface area (Å²) < 4.78 is 10.0. The number of hydrogen-bond acceptors (Lipinski definition) is 5. The first-order valence-corrected chi connectivity index (χ1v) is 5.13. The fourth-order valence-electron chi connectivity index (χ4n) is 1.24. The Morgan fingerprint density at radius 3 is 2.50 bits per heavy atom. The second-order valence-electron chi connectivity index (χ2n) is 2.93. The van der Waals surface area contributed by atoms with Crippen LogP contribution in [0.25, 0.3) is 0 Å². The minimum Gasteiger partial charge on any atom is -0.480 e. The Kier molecular flexibility index (Phi) is 4.00. The molecule has 0 aliphatic rings. The Bertz CT molecular complexity index is 445. The fourth-order valence-corrected chi connectivity index (χ4v) is 1.63. The van der Waals surface area contributed by atoms with Gasteiger partial charge in [-0.2, -0.15) is 0 Å². The van der Waals surface area contributed by atoms with Crippen molar-refractivity contribution in [3.8, 4) is 5.88 Å². The number of rotatable bonds is 3. The van der Waals surface area contributed by atoms with E-state index in [9.17, 15) is 9.59 Å². The van der Waals surface area contributed by atoms with Crippen LogP contribution >= 0.6 is 15.9 Å². The van der Waals surface area contributed by atoms with Crippen LogP contribution in [0, 0.1) is 6.92 Å². The molecular formula is C10H10BrNO4. The third-order valence-electron chi connectivity index (χ3n) is 2.06. The number of aromatic nitrogens is 1. The van der Waals surface area contributed by atoms with E-state index in [1.54, 1.807) is 6.92 Å². The van der Waals surface area contributed by atoms with Gasteiger partial charge in [0.1, 0.15) is 11.3 Å². The van der Waals surface area contributed by atoms with E-state index in [0.717, 1.165) is 0 Å². The van der Waals surface area contributed by atoms with Crippen LogP contribution in [0.3, 0.4) is 0 Å². The molecule has 0 aliphatic heterocycles. The molecule has 5 nitrogen and oxygen atoms in total. The third kappa shape index (κ3) is 2.06. The lowest BCUT2D eigenvalue weighted by Gasteiger charge is -2.11. The van der Waals surface area contributed by atoms with Crippen LogP contribution in [0.4, 0.5) is 0 Å². The van der Waals surface area contributed by atoms with Crippen molar-refractivity contribution in [1.29, 1.82) is 0 Å². The molecule has 0 N–H and O–H groups in total. The lowest BCUT2D eigenvalue weighted by Crippen LogP contribution is -2.10. The van der Waals surface area contributed by atoms with E-state index in [1.165, 1.54) is 14.2 Å². The van der Waals surface area contributed by atoms with Gasteiger partial charge in [0.25, 0.3) is 0 Å². The van der Waals surface area contributed by atoms with Gasteiger partial charge in [-0.3, -0.25) is 4.79 Å². The van der Waals surface area contributed by atoms with Crippen molar-refractivity contribution >= 4 is 28.2 Å². The summed E-state index contributed by atoms with van der Waals surface area (Å²) in [5, 5.41) is 0. The molecule has 0 aliphatic carbocycles. The average Bonchev–Trinajstić information content (AvgIpc) is 2.31. The normalized spacial score (nSPS) is 9.75. The number of carbonyl (C=O) groups is 2.